The first-order valence-electron chi connectivity index (χ1n) is 9.77. The third kappa shape index (κ3) is 3.61. The molecule has 0 bridgehead atoms. The molecular weight excluding hydrogens is 386 g/mol. The summed E-state index contributed by atoms with van der Waals surface area (Å²) < 4.78 is 1.79. The molecule has 4 rings (SSSR count). The number of aryl methyl sites for hydroxylation is 3. The molecule has 2 aromatic heterocycles. The maximum Gasteiger partial charge on any atom is 0.263 e. The molecule has 1 aliphatic carbocycles. The van der Waals surface area contributed by atoms with E-state index >= 15 is 0 Å². The van der Waals surface area contributed by atoms with Gasteiger partial charge in [-0.3, -0.25) is 9.36 Å². The van der Waals surface area contributed by atoms with Crippen molar-refractivity contribution in [1.82, 2.24) is 9.55 Å². The number of thiophene rings is 1. The van der Waals surface area contributed by atoms with Crippen LogP contribution in [0.4, 0.5) is 0 Å². The molecule has 0 saturated heterocycles. The smallest absolute Gasteiger partial charge is 0.263 e. The monoisotopic (exact) mass is 409 g/mol. The fraction of sp³-hybridized carbons (Fsp3) is 0.409. The van der Waals surface area contributed by atoms with Gasteiger partial charge in [-0.15, -0.1) is 11.3 Å². The Hall–Kier alpha value is -2.10. The molecule has 0 aliphatic heterocycles. The summed E-state index contributed by atoms with van der Waals surface area (Å²) in [7, 11) is 0. The van der Waals surface area contributed by atoms with Gasteiger partial charge in [0.05, 0.1) is 11.5 Å². The minimum Gasteiger partial charge on any atom is -0.287 e. The number of benzene rings is 1. The van der Waals surface area contributed by atoms with Gasteiger partial charge in [0.2, 0.25) is 0 Å². The molecule has 3 aromatic rings. The molecular formula is C22H23N3OS2. The number of hydrogen-bond acceptors (Lipinski definition) is 5. The zero-order valence-electron chi connectivity index (χ0n) is 16.2. The predicted octanol–water partition coefficient (Wildman–Crippen LogP) is 4.89. The van der Waals surface area contributed by atoms with E-state index in [1.165, 1.54) is 27.8 Å². The molecule has 0 unspecified atom stereocenters. The van der Waals surface area contributed by atoms with E-state index in [9.17, 15) is 10.1 Å². The molecule has 0 fully saturated rings. The molecule has 6 heteroatoms. The van der Waals surface area contributed by atoms with Gasteiger partial charge < -0.3 is 0 Å². The van der Waals surface area contributed by atoms with Gasteiger partial charge >= 0.3 is 0 Å². The van der Waals surface area contributed by atoms with Gasteiger partial charge in [0.15, 0.2) is 5.16 Å². The van der Waals surface area contributed by atoms with Crippen LogP contribution < -0.4 is 5.56 Å². The minimum absolute atomic E-state index is 0.0702. The van der Waals surface area contributed by atoms with Crippen molar-refractivity contribution in [2.24, 2.45) is 0 Å². The zero-order chi connectivity index (χ0) is 19.7. The van der Waals surface area contributed by atoms with Crippen LogP contribution in [0.3, 0.4) is 0 Å². The SMILES string of the molecule is CCCn1c(S[C@H](C#N)Cc2ccc(C)cc2)nc2sc3c(c2c1=O)CCC3. The highest BCUT2D eigenvalue weighted by atomic mass is 32.2. The van der Waals surface area contributed by atoms with E-state index in [4.69, 9.17) is 4.98 Å². The van der Waals surface area contributed by atoms with Crippen LogP contribution in [0.25, 0.3) is 10.2 Å². The van der Waals surface area contributed by atoms with Crippen LogP contribution >= 0.6 is 23.1 Å². The third-order valence-electron chi connectivity index (χ3n) is 5.17. The fourth-order valence-electron chi connectivity index (χ4n) is 3.75. The van der Waals surface area contributed by atoms with Gasteiger partial charge in [0.25, 0.3) is 5.56 Å². The summed E-state index contributed by atoms with van der Waals surface area (Å²) in [5.41, 5.74) is 3.63. The van der Waals surface area contributed by atoms with E-state index in [0.717, 1.165) is 41.5 Å². The Morgan fingerprint density at radius 2 is 2.11 bits per heavy atom. The minimum atomic E-state index is -0.276. The summed E-state index contributed by atoms with van der Waals surface area (Å²) >= 11 is 3.08. The first kappa shape index (κ1) is 19.2. The van der Waals surface area contributed by atoms with Gasteiger partial charge in [-0.25, -0.2) is 4.98 Å². The van der Waals surface area contributed by atoms with Crippen molar-refractivity contribution in [1.29, 1.82) is 5.26 Å². The van der Waals surface area contributed by atoms with Crippen LogP contribution in [0.15, 0.2) is 34.2 Å². The van der Waals surface area contributed by atoms with Crippen molar-refractivity contribution in [3.8, 4) is 6.07 Å². The standard InChI is InChI=1S/C22H23N3OS2/c1-3-11-25-21(26)19-17-5-4-6-18(17)28-20(19)24-22(25)27-16(13-23)12-15-9-7-14(2)8-10-15/h7-10,16H,3-6,11-12H2,1-2H3/t16-/m0/s1. The molecule has 1 aromatic carbocycles. The molecule has 0 spiro atoms. The lowest BCUT2D eigenvalue weighted by atomic mass is 10.1. The molecule has 0 N–H and O–H groups in total. The maximum absolute atomic E-state index is 13.3. The van der Waals surface area contributed by atoms with Crippen LogP contribution in [-0.4, -0.2) is 14.8 Å². The second-order valence-electron chi connectivity index (χ2n) is 7.31. The average molecular weight is 410 g/mol. The molecule has 144 valence electrons. The van der Waals surface area contributed by atoms with Crippen molar-refractivity contribution in [3.05, 3.63) is 56.2 Å². The van der Waals surface area contributed by atoms with E-state index < -0.39 is 0 Å². The number of rotatable bonds is 6. The Bertz CT molecular complexity index is 1110. The van der Waals surface area contributed by atoms with Crippen LogP contribution in [-0.2, 0) is 25.8 Å². The molecule has 28 heavy (non-hydrogen) atoms. The van der Waals surface area contributed by atoms with Crippen molar-refractivity contribution in [2.75, 3.05) is 0 Å². The quantitative estimate of drug-likeness (QED) is 0.429. The second kappa shape index (κ2) is 8.10. The first-order valence-corrected chi connectivity index (χ1v) is 11.5. The van der Waals surface area contributed by atoms with Crippen LogP contribution in [0.1, 0.15) is 41.3 Å². The fourth-order valence-corrected chi connectivity index (χ4v) is 6.09. The zero-order valence-corrected chi connectivity index (χ0v) is 17.8. The topological polar surface area (TPSA) is 58.7 Å². The Balaban J connectivity index is 1.70. The average Bonchev–Trinajstić information content (AvgIpc) is 3.26. The summed E-state index contributed by atoms with van der Waals surface area (Å²) in [5.74, 6) is 0. The molecule has 1 atom stereocenters. The van der Waals surface area contributed by atoms with Crippen LogP contribution in [0.2, 0.25) is 0 Å². The molecule has 0 amide bonds. The van der Waals surface area contributed by atoms with E-state index in [2.05, 4.69) is 44.2 Å². The normalized spacial score (nSPS) is 14.2. The largest absolute Gasteiger partial charge is 0.287 e. The lowest BCUT2D eigenvalue weighted by molar-refractivity contribution is 0.584. The lowest BCUT2D eigenvalue weighted by Gasteiger charge is -2.14. The molecule has 0 radical (unpaired) electrons. The highest BCUT2D eigenvalue weighted by molar-refractivity contribution is 8.00. The lowest BCUT2D eigenvalue weighted by Crippen LogP contribution is -2.24. The van der Waals surface area contributed by atoms with E-state index in [1.807, 2.05) is 0 Å². The van der Waals surface area contributed by atoms with Gasteiger partial charge in [-0.1, -0.05) is 48.5 Å². The van der Waals surface area contributed by atoms with Crippen molar-refractivity contribution >= 4 is 33.3 Å². The summed E-state index contributed by atoms with van der Waals surface area (Å²) in [6.07, 6.45) is 4.68. The number of nitrogens with zero attached hydrogens (tertiary/aromatic N) is 3. The Morgan fingerprint density at radius 1 is 1.32 bits per heavy atom. The Morgan fingerprint density at radius 3 is 2.82 bits per heavy atom. The highest BCUT2D eigenvalue weighted by Crippen LogP contribution is 2.36. The van der Waals surface area contributed by atoms with E-state index in [-0.39, 0.29) is 10.8 Å². The van der Waals surface area contributed by atoms with Gasteiger partial charge in [-0.2, -0.15) is 5.26 Å². The summed E-state index contributed by atoms with van der Waals surface area (Å²) in [6.45, 7) is 4.76. The van der Waals surface area contributed by atoms with Gasteiger partial charge in [0.1, 0.15) is 10.1 Å². The highest BCUT2D eigenvalue weighted by Gasteiger charge is 2.24. The number of thioether (sulfide) groups is 1. The first-order chi connectivity index (χ1) is 13.6. The molecule has 2 heterocycles. The van der Waals surface area contributed by atoms with E-state index in [0.29, 0.717) is 18.1 Å². The van der Waals surface area contributed by atoms with Crippen molar-refractivity contribution < 1.29 is 0 Å². The van der Waals surface area contributed by atoms with Crippen LogP contribution in [0, 0.1) is 18.3 Å². The van der Waals surface area contributed by atoms with Crippen molar-refractivity contribution in [3.63, 3.8) is 0 Å². The Labute approximate surface area is 173 Å². The molecule has 0 saturated carbocycles. The van der Waals surface area contributed by atoms with Gasteiger partial charge in [0, 0.05) is 11.4 Å². The Kier molecular flexibility index (Phi) is 5.56. The summed E-state index contributed by atoms with van der Waals surface area (Å²) in [5, 5.41) is 10.9. The van der Waals surface area contributed by atoms with Gasteiger partial charge in [-0.05, 0) is 50.2 Å². The molecule has 1 aliphatic rings. The second-order valence-corrected chi connectivity index (χ2v) is 9.57. The number of hydrogen-bond donors (Lipinski definition) is 0. The van der Waals surface area contributed by atoms with E-state index in [1.54, 1.807) is 15.9 Å². The third-order valence-corrected chi connectivity index (χ3v) is 7.44. The summed E-state index contributed by atoms with van der Waals surface area (Å²) in [6, 6.07) is 10.7. The maximum atomic E-state index is 13.3. The summed E-state index contributed by atoms with van der Waals surface area (Å²) in [4.78, 5) is 20.3. The van der Waals surface area contributed by atoms with Crippen molar-refractivity contribution in [2.45, 2.75) is 62.9 Å². The predicted molar refractivity (Wildman–Crippen MR) is 116 cm³/mol. The molecule has 4 nitrogen and oxygen atoms in total. The van der Waals surface area contributed by atoms with Crippen LogP contribution in [0.5, 0.6) is 0 Å². The number of aromatic nitrogens is 2. The number of fused-ring (bicyclic) bond motifs is 3. The number of nitriles is 1.